The Labute approximate surface area is 127 Å². The van der Waals surface area contributed by atoms with Crippen molar-refractivity contribution >= 4 is 23.2 Å². The summed E-state index contributed by atoms with van der Waals surface area (Å²) in [6.45, 7) is 2.05. The van der Waals surface area contributed by atoms with Crippen molar-refractivity contribution in [2.75, 3.05) is 0 Å². The van der Waals surface area contributed by atoms with Gasteiger partial charge in [-0.25, -0.2) is 4.98 Å². The van der Waals surface area contributed by atoms with Crippen LogP contribution in [-0.2, 0) is 0 Å². The molecule has 1 aromatic carbocycles. The van der Waals surface area contributed by atoms with Gasteiger partial charge in [0.1, 0.15) is 0 Å². The van der Waals surface area contributed by atoms with Crippen LogP contribution >= 0.6 is 11.3 Å². The predicted octanol–water partition coefficient (Wildman–Crippen LogP) is 4.14. The van der Waals surface area contributed by atoms with Crippen LogP contribution in [0.15, 0.2) is 61.2 Å². The molecule has 0 bridgehead atoms. The van der Waals surface area contributed by atoms with Crippen LogP contribution in [0.3, 0.4) is 0 Å². The van der Waals surface area contributed by atoms with E-state index in [1.165, 1.54) is 4.88 Å². The van der Waals surface area contributed by atoms with Crippen LogP contribution in [0, 0.1) is 6.92 Å². The summed E-state index contributed by atoms with van der Waals surface area (Å²) in [5.74, 6) is 0.0123. The van der Waals surface area contributed by atoms with Crippen LogP contribution in [0.25, 0.3) is 11.8 Å². The number of benzene rings is 1. The molecule has 0 aliphatic carbocycles. The summed E-state index contributed by atoms with van der Waals surface area (Å²) in [4.78, 5) is 18.5. The summed E-state index contributed by atoms with van der Waals surface area (Å²) < 4.78 is 1.90. The van der Waals surface area contributed by atoms with Crippen molar-refractivity contribution in [3.8, 4) is 5.69 Å². The molecule has 3 aromatic rings. The van der Waals surface area contributed by atoms with Crippen LogP contribution in [0.4, 0.5) is 0 Å². The summed E-state index contributed by atoms with van der Waals surface area (Å²) in [6, 6.07) is 11.6. The Morgan fingerprint density at radius 1 is 1.19 bits per heavy atom. The summed E-state index contributed by atoms with van der Waals surface area (Å²) in [7, 11) is 0. The molecule has 0 saturated heterocycles. The quantitative estimate of drug-likeness (QED) is 0.535. The zero-order valence-electron chi connectivity index (χ0n) is 11.6. The molecule has 0 amide bonds. The first-order chi connectivity index (χ1) is 10.2. The maximum absolute atomic E-state index is 12.1. The molecule has 3 rings (SSSR count). The SMILES string of the molecule is Cc1ccc(C=CC(=O)c2ccc(-n3ccnc3)cc2)s1. The van der Waals surface area contributed by atoms with Crippen LogP contribution in [0.1, 0.15) is 20.1 Å². The Morgan fingerprint density at radius 2 is 2.00 bits per heavy atom. The van der Waals surface area contributed by atoms with Gasteiger partial charge in [-0.1, -0.05) is 0 Å². The highest BCUT2D eigenvalue weighted by molar-refractivity contribution is 7.12. The summed E-state index contributed by atoms with van der Waals surface area (Å²) >= 11 is 1.68. The van der Waals surface area contributed by atoms with E-state index in [-0.39, 0.29) is 5.78 Å². The van der Waals surface area contributed by atoms with Gasteiger partial charge in [0.05, 0.1) is 6.33 Å². The lowest BCUT2D eigenvalue weighted by atomic mass is 10.1. The molecular weight excluding hydrogens is 280 g/mol. The number of carbonyl (C=O) groups excluding carboxylic acids is 1. The molecule has 0 unspecified atom stereocenters. The number of thiophene rings is 1. The Kier molecular flexibility index (Phi) is 3.79. The van der Waals surface area contributed by atoms with Crippen molar-refractivity contribution in [1.82, 2.24) is 9.55 Å². The lowest BCUT2D eigenvalue weighted by Gasteiger charge is -2.02. The number of hydrogen-bond donors (Lipinski definition) is 0. The van der Waals surface area contributed by atoms with E-state index in [1.807, 2.05) is 47.2 Å². The van der Waals surface area contributed by atoms with E-state index in [0.717, 1.165) is 10.6 Å². The number of hydrogen-bond acceptors (Lipinski definition) is 3. The number of allylic oxidation sites excluding steroid dienone is 1. The lowest BCUT2D eigenvalue weighted by molar-refractivity contribution is 0.104. The second-order valence-corrected chi connectivity index (χ2v) is 5.98. The molecule has 0 aliphatic rings. The third-order valence-corrected chi connectivity index (χ3v) is 4.08. The average molecular weight is 294 g/mol. The maximum atomic E-state index is 12.1. The van der Waals surface area contributed by atoms with Crippen molar-refractivity contribution in [3.63, 3.8) is 0 Å². The molecule has 0 atom stereocenters. The van der Waals surface area contributed by atoms with E-state index in [1.54, 1.807) is 29.9 Å². The van der Waals surface area contributed by atoms with Crippen LogP contribution in [0.2, 0.25) is 0 Å². The first-order valence-electron chi connectivity index (χ1n) is 6.59. The van der Waals surface area contributed by atoms with E-state index in [2.05, 4.69) is 18.0 Å². The van der Waals surface area contributed by atoms with Gasteiger partial charge in [-0.15, -0.1) is 11.3 Å². The fourth-order valence-corrected chi connectivity index (χ4v) is 2.79. The molecule has 2 aromatic heterocycles. The monoisotopic (exact) mass is 294 g/mol. The highest BCUT2D eigenvalue weighted by Crippen LogP contribution is 2.17. The van der Waals surface area contributed by atoms with Gasteiger partial charge in [0, 0.05) is 33.4 Å². The summed E-state index contributed by atoms with van der Waals surface area (Å²) in [5.41, 5.74) is 1.67. The minimum absolute atomic E-state index is 0.0123. The number of ketones is 1. The van der Waals surface area contributed by atoms with Crippen LogP contribution in [0.5, 0.6) is 0 Å². The first kappa shape index (κ1) is 13.5. The number of aromatic nitrogens is 2. The van der Waals surface area contributed by atoms with Gasteiger partial charge in [-0.05, 0) is 55.5 Å². The highest BCUT2D eigenvalue weighted by Gasteiger charge is 2.03. The zero-order valence-corrected chi connectivity index (χ0v) is 12.4. The van der Waals surface area contributed by atoms with Gasteiger partial charge in [-0.2, -0.15) is 0 Å². The second-order valence-electron chi connectivity index (χ2n) is 4.66. The smallest absolute Gasteiger partial charge is 0.185 e. The topological polar surface area (TPSA) is 34.9 Å². The van der Waals surface area contributed by atoms with E-state index >= 15 is 0 Å². The highest BCUT2D eigenvalue weighted by atomic mass is 32.1. The van der Waals surface area contributed by atoms with E-state index in [4.69, 9.17) is 0 Å². The predicted molar refractivity (Wildman–Crippen MR) is 86.0 cm³/mol. The second kappa shape index (κ2) is 5.89. The van der Waals surface area contributed by atoms with Gasteiger partial charge in [0.25, 0.3) is 0 Å². The standard InChI is InChI=1S/C17H14N2OS/c1-13-2-7-16(21-13)8-9-17(20)14-3-5-15(6-4-14)19-11-10-18-12-19/h2-12H,1H3. The van der Waals surface area contributed by atoms with Crippen LogP contribution < -0.4 is 0 Å². The van der Waals surface area contributed by atoms with E-state index < -0.39 is 0 Å². The lowest BCUT2D eigenvalue weighted by Crippen LogP contribution is -1.95. The van der Waals surface area contributed by atoms with Gasteiger partial charge in [-0.3, -0.25) is 4.79 Å². The molecule has 21 heavy (non-hydrogen) atoms. The number of rotatable bonds is 4. The van der Waals surface area contributed by atoms with E-state index in [9.17, 15) is 4.79 Å². The van der Waals surface area contributed by atoms with Crippen molar-refractivity contribution in [2.45, 2.75) is 6.92 Å². The molecule has 0 N–H and O–H groups in total. The van der Waals surface area contributed by atoms with Gasteiger partial charge >= 0.3 is 0 Å². The molecule has 0 aliphatic heterocycles. The van der Waals surface area contributed by atoms with Gasteiger partial charge < -0.3 is 4.57 Å². The minimum Gasteiger partial charge on any atom is -0.306 e. The third kappa shape index (κ3) is 3.17. The number of aryl methyl sites for hydroxylation is 1. The maximum Gasteiger partial charge on any atom is 0.185 e. The van der Waals surface area contributed by atoms with E-state index in [0.29, 0.717) is 5.56 Å². The Balaban J connectivity index is 1.74. The number of carbonyl (C=O) groups is 1. The molecule has 3 nitrogen and oxygen atoms in total. The van der Waals surface area contributed by atoms with Gasteiger partial charge in [0.2, 0.25) is 0 Å². The molecular formula is C17H14N2OS. The fourth-order valence-electron chi connectivity index (χ4n) is 2.01. The molecule has 0 fully saturated rings. The van der Waals surface area contributed by atoms with Crippen molar-refractivity contribution in [2.24, 2.45) is 0 Å². The van der Waals surface area contributed by atoms with Crippen molar-refractivity contribution < 1.29 is 4.79 Å². The first-order valence-corrected chi connectivity index (χ1v) is 7.41. The molecule has 2 heterocycles. The number of imidazole rings is 1. The molecule has 0 radical (unpaired) electrons. The molecule has 4 heteroatoms. The molecule has 0 spiro atoms. The van der Waals surface area contributed by atoms with Crippen molar-refractivity contribution in [1.29, 1.82) is 0 Å². The normalized spacial score (nSPS) is 11.1. The Morgan fingerprint density at radius 3 is 2.62 bits per heavy atom. The van der Waals surface area contributed by atoms with Crippen molar-refractivity contribution in [3.05, 3.63) is 76.5 Å². The molecule has 104 valence electrons. The minimum atomic E-state index is 0.0123. The van der Waals surface area contributed by atoms with Crippen LogP contribution in [-0.4, -0.2) is 15.3 Å². The number of nitrogens with zero attached hydrogens (tertiary/aromatic N) is 2. The summed E-state index contributed by atoms with van der Waals surface area (Å²) in [6.07, 6.45) is 8.82. The largest absolute Gasteiger partial charge is 0.306 e. The Hall–Kier alpha value is -2.46. The molecule has 0 saturated carbocycles. The fraction of sp³-hybridized carbons (Fsp3) is 0.0588. The average Bonchev–Trinajstić information content (AvgIpc) is 3.16. The zero-order chi connectivity index (χ0) is 14.7. The van der Waals surface area contributed by atoms with Gasteiger partial charge in [0.15, 0.2) is 5.78 Å². The Bertz CT molecular complexity index is 767. The third-order valence-electron chi connectivity index (χ3n) is 3.11. The summed E-state index contributed by atoms with van der Waals surface area (Å²) in [5, 5.41) is 0.